The first kappa shape index (κ1) is 18.5. The van der Waals surface area contributed by atoms with Gasteiger partial charge in [0.15, 0.2) is 0 Å². The van der Waals surface area contributed by atoms with E-state index in [0.29, 0.717) is 6.42 Å². The van der Waals surface area contributed by atoms with Crippen molar-refractivity contribution in [2.75, 3.05) is 0 Å². The van der Waals surface area contributed by atoms with Crippen molar-refractivity contribution in [3.05, 3.63) is 37.5 Å². The molecular formula is C12H22O2. The maximum absolute atomic E-state index is 10.1. The van der Waals surface area contributed by atoms with Crippen LogP contribution >= 0.6 is 0 Å². The third kappa shape index (κ3) is 17.0. The first-order valence-electron chi connectivity index (χ1n) is 4.70. The van der Waals surface area contributed by atoms with Gasteiger partial charge in [-0.2, -0.15) is 0 Å². The van der Waals surface area contributed by atoms with E-state index < -0.39 is 5.97 Å². The Balaban J connectivity index is -0.000000266. The van der Waals surface area contributed by atoms with Crippen molar-refractivity contribution in [2.24, 2.45) is 0 Å². The van der Waals surface area contributed by atoms with Gasteiger partial charge in [-0.1, -0.05) is 38.2 Å². The predicted octanol–water partition coefficient (Wildman–Crippen LogP) is 3.81. The second-order valence-corrected chi connectivity index (χ2v) is 1.96. The van der Waals surface area contributed by atoms with Gasteiger partial charge in [-0.15, -0.1) is 13.2 Å². The molecule has 0 aromatic heterocycles. The molecule has 0 fully saturated rings. The number of hydrogen-bond acceptors (Lipinski definition) is 1. The maximum atomic E-state index is 10.1. The number of hydrogen-bond donors (Lipinski definition) is 1. The topological polar surface area (TPSA) is 37.3 Å². The number of carboxylic acid groups (broad SMARTS) is 1. The molecule has 0 aliphatic rings. The third-order valence-corrected chi connectivity index (χ3v) is 1.26. The fourth-order valence-corrected chi connectivity index (χ4v) is 0.616. The van der Waals surface area contributed by atoms with Crippen molar-refractivity contribution in [1.29, 1.82) is 0 Å². The van der Waals surface area contributed by atoms with Gasteiger partial charge in [0.2, 0.25) is 0 Å². The van der Waals surface area contributed by atoms with Crippen LogP contribution in [0.2, 0.25) is 0 Å². The molecule has 0 saturated heterocycles. The summed E-state index contributed by atoms with van der Waals surface area (Å²) in [6, 6.07) is 0. The van der Waals surface area contributed by atoms with Gasteiger partial charge in [-0.3, -0.25) is 4.79 Å². The fraction of sp³-hybridized carbons (Fsp3) is 0.417. The van der Waals surface area contributed by atoms with Gasteiger partial charge < -0.3 is 5.11 Å². The number of aliphatic carboxylic acids is 1. The van der Waals surface area contributed by atoms with Gasteiger partial charge in [0.25, 0.3) is 0 Å². The lowest BCUT2D eigenvalue weighted by Gasteiger charge is -1.95. The average Bonchev–Trinajstić information content (AvgIpc) is 2.25. The molecule has 0 rings (SSSR count). The lowest BCUT2D eigenvalue weighted by molar-refractivity contribution is -0.136. The number of allylic oxidation sites excluding steroid dienone is 3. The smallest absolute Gasteiger partial charge is 0.303 e. The molecule has 2 nitrogen and oxygen atoms in total. The van der Waals surface area contributed by atoms with Crippen LogP contribution in [-0.4, -0.2) is 11.1 Å². The molecule has 0 aliphatic carbocycles. The molecule has 0 saturated carbocycles. The Labute approximate surface area is 87.7 Å². The molecule has 0 spiro atoms. The zero-order valence-electron chi connectivity index (χ0n) is 9.55. The molecule has 0 amide bonds. The summed E-state index contributed by atoms with van der Waals surface area (Å²) in [5.41, 5.74) is 0.988. The van der Waals surface area contributed by atoms with Crippen LogP contribution in [0.5, 0.6) is 0 Å². The van der Waals surface area contributed by atoms with Crippen molar-refractivity contribution < 1.29 is 9.90 Å². The zero-order chi connectivity index (χ0) is 12.0. The molecule has 82 valence electrons. The highest BCUT2D eigenvalue weighted by Gasteiger charge is 1.96. The molecule has 0 bridgehead atoms. The summed E-state index contributed by atoms with van der Waals surface area (Å²) in [6.45, 7) is 15.4. The Bertz CT molecular complexity index is 169. The molecular weight excluding hydrogens is 176 g/mol. The minimum absolute atomic E-state index is 0.186. The van der Waals surface area contributed by atoms with Crippen LogP contribution in [0.25, 0.3) is 0 Å². The monoisotopic (exact) mass is 198 g/mol. The summed E-state index contributed by atoms with van der Waals surface area (Å²) in [5, 5.41) is 8.29. The minimum Gasteiger partial charge on any atom is -0.481 e. The molecule has 1 N–H and O–H groups in total. The summed E-state index contributed by atoms with van der Waals surface area (Å²) in [7, 11) is 0. The van der Waals surface area contributed by atoms with E-state index in [-0.39, 0.29) is 6.42 Å². The van der Waals surface area contributed by atoms with Crippen LogP contribution in [-0.2, 0) is 4.79 Å². The van der Waals surface area contributed by atoms with Crippen LogP contribution < -0.4 is 0 Å². The van der Waals surface area contributed by atoms with E-state index in [4.69, 9.17) is 5.11 Å². The van der Waals surface area contributed by atoms with Crippen LogP contribution in [0.3, 0.4) is 0 Å². The molecule has 0 radical (unpaired) electrons. The van der Waals surface area contributed by atoms with E-state index in [2.05, 4.69) is 19.7 Å². The predicted molar refractivity (Wildman–Crippen MR) is 63.4 cm³/mol. The molecule has 0 aromatic carbocycles. The molecule has 0 atom stereocenters. The Morgan fingerprint density at radius 3 is 1.93 bits per heavy atom. The largest absolute Gasteiger partial charge is 0.481 e. The van der Waals surface area contributed by atoms with Crippen molar-refractivity contribution in [3.63, 3.8) is 0 Å². The van der Waals surface area contributed by atoms with Gasteiger partial charge in [-0.25, -0.2) is 0 Å². The summed E-state index contributed by atoms with van der Waals surface area (Å²) < 4.78 is 0. The van der Waals surface area contributed by atoms with Crippen molar-refractivity contribution in [3.8, 4) is 0 Å². The minimum atomic E-state index is -0.763. The molecule has 0 heterocycles. The van der Waals surface area contributed by atoms with Gasteiger partial charge in [0.1, 0.15) is 0 Å². The summed E-state index contributed by atoms with van der Waals surface area (Å²) >= 11 is 0. The van der Waals surface area contributed by atoms with E-state index in [1.807, 2.05) is 26.8 Å². The number of rotatable bonds is 4. The zero-order valence-corrected chi connectivity index (χ0v) is 9.55. The Morgan fingerprint density at radius 1 is 1.29 bits per heavy atom. The van der Waals surface area contributed by atoms with Crippen LogP contribution in [0.15, 0.2) is 37.5 Å². The Hall–Kier alpha value is -1.31. The van der Waals surface area contributed by atoms with Gasteiger partial charge >= 0.3 is 5.97 Å². The molecule has 0 aliphatic heterocycles. The first-order chi connectivity index (χ1) is 6.70. The number of carbonyl (C=O) groups is 1. The quantitative estimate of drug-likeness (QED) is 0.551. The van der Waals surface area contributed by atoms with Crippen LogP contribution in [0.1, 0.15) is 33.6 Å². The Kier molecular flexibility index (Phi) is 23.3. The van der Waals surface area contributed by atoms with E-state index in [9.17, 15) is 4.79 Å². The molecule has 0 unspecified atom stereocenters. The average molecular weight is 198 g/mol. The highest BCUT2D eigenvalue weighted by atomic mass is 16.4. The fourth-order valence-electron chi connectivity index (χ4n) is 0.616. The van der Waals surface area contributed by atoms with E-state index in [1.54, 1.807) is 6.08 Å². The molecule has 2 heteroatoms. The van der Waals surface area contributed by atoms with E-state index in [1.165, 1.54) is 0 Å². The SMILES string of the molecule is C=C.C=C/C(=C\C)CCC(=O)O.CC. The molecule has 0 aromatic rings. The van der Waals surface area contributed by atoms with Crippen LogP contribution in [0.4, 0.5) is 0 Å². The lowest BCUT2D eigenvalue weighted by Crippen LogP contribution is -1.94. The normalized spacial score (nSPS) is 8.64. The van der Waals surface area contributed by atoms with E-state index >= 15 is 0 Å². The maximum Gasteiger partial charge on any atom is 0.303 e. The summed E-state index contributed by atoms with van der Waals surface area (Å²) in [5.74, 6) is -0.763. The van der Waals surface area contributed by atoms with Crippen molar-refractivity contribution >= 4 is 5.97 Å². The lowest BCUT2D eigenvalue weighted by atomic mass is 10.1. The Morgan fingerprint density at radius 2 is 1.71 bits per heavy atom. The van der Waals surface area contributed by atoms with E-state index in [0.717, 1.165) is 5.57 Å². The highest BCUT2D eigenvalue weighted by Crippen LogP contribution is 2.04. The second-order valence-electron chi connectivity index (χ2n) is 1.96. The van der Waals surface area contributed by atoms with Crippen LogP contribution in [0, 0.1) is 0 Å². The highest BCUT2D eigenvalue weighted by molar-refractivity contribution is 5.67. The van der Waals surface area contributed by atoms with Gasteiger partial charge in [-0.05, 0) is 13.3 Å². The van der Waals surface area contributed by atoms with Gasteiger partial charge in [0, 0.05) is 6.42 Å². The molecule has 14 heavy (non-hydrogen) atoms. The van der Waals surface area contributed by atoms with Crippen molar-refractivity contribution in [2.45, 2.75) is 33.6 Å². The standard InChI is InChI=1S/C8H12O2.C2H6.C2H4/c1-3-7(4-2)5-6-8(9)10;2*1-2/h3-4H,1,5-6H2,2H3,(H,9,10);1-2H3;1-2H2/b7-4+;;. The summed E-state index contributed by atoms with van der Waals surface area (Å²) in [6.07, 6.45) is 4.32. The van der Waals surface area contributed by atoms with Gasteiger partial charge in [0.05, 0.1) is 0 Å². The second kappa shape index (κ2) is 17.7. The first-order valence-corrected chi connectivity index (χ1v) is 4.70. The van der Waals surface area contributed by atoms with Crippen molar-refractivity contribution in [1.82, 2.24) is 0 Å². The third-order valence-electron chi connectivity index (χ3n) is 1.26. The number of carboxylic acids is 1. The summed E-state index contributed by atoms with van der Waals surface area (Å²) in [4.78, 5) is 10.1.